The van der Waals surface area contributed by atoms with E-state index in [4.69, 9.17) is 0 Å². The molecule has 0 spiro atoms. The number of hydrogen-bond acceptors (Lipinski definition) is 3. The summed E-state index contributed by atoms with van der Waals surface area (Å²) in [5.74, 6) is 0.275. The lowest BCUT2D eigenvalue weighted by Gasteiger charge is -2.23. The zero-order valence-corrected chi connectivity index (χ0v) is 13.6. The Hall–Kier alpha value is -1.21. The van der Waals surface area contributed by atoms with E-state index in [1.54, 1.807) is 21.1 Å². The molecule has 7 heteroatoms. The zero-order chi connectivity index (χ0) is 15.9. The first kappa shape index (κ1) is 17.1. The lowest BCUT2D eigenvalue weighted by molar-refractivity contribution is 0.0904. The summed E-state index contributed by atoms with van der Waals surface area (Å²) in [6.07, 6.45) is -1.58. The molecule has 0 aliphatic carbocycles. The third-order valence-corrected chi connectivity index (χ3v) is 4.65. The summed E-state index contributed by atoms with van der Waals surface area (Å²) in [4.78, 5) is 15.7. The number of nitrogens with one attached hydrogen (secondary N) is 1. The van der Waals surface area contributed by atoms with Crippen LogP contribution < -0.4 is 5.32 Å². The van der Waals surface area contributed by atoms with Crippen molar-refractivity contribution in [2.24, 2.45) is 0 Å². The molecular formula is C15H23F2N3OS. The van der Waals surface area contributed by atoms with Crippen molar-refractivity contribution in [1.82, 2.24) is 15.1 Å². The van der Waals surface area contributed by atoms with E-state index in [0.29, 0.717) is 32.7 Å². The van der Waals surface area contributed by atoms with Crippen LogP contribution in [0.2, 0.25) is 0 Å². The van der Waals surface area contributed by atoms with Gasteiger partial charge in [-0.2, -0.15) is 11.3 Å². The molecule has 2 heterocycles. The van der Waals surface area contributed by atoms with Gasteiger partial charge in [0.25, 0.3) is 6.43 Å². The van der Waals surface area contributed by atoms with Crippen LogP contribution in [0.1, 0.15) is 24.8 Å². The fraction of sp³-hybridized carbons (Fsp3) is 0.667. The highest BCUT2D eigenvalue weighted by atomic mass is 32.1. The van der Waals surface area contributed by atoms with E-state index >= 15 is 0 Å². The molecule has 1 aliphatic rings. The molecule has 0 saturated carbocycles. The van der Waals surface area contributed by atoms with Crippen LogP contribution in [0.25, 0.3) is 0 Å². The quantitative estimate of drug-likeness (QED) is 0.900. The number of rotatable bonds is 5. The highest BCUT2D eigenvalue weighted by molar-refractivity contribution is 7.07. The van der Waals surface area contributed by atoms with E-state index in [1.807, 2.05) is 5.38 Å². The number of carbonyl (C=O) groups is 1. The lowest BCUT2D eigenvalue weighted by Crippen LogP contribution is -2.43. The Morgan fingerprint density at radius 2 is 2.18 bits per heavy atom. The number of nitrogens with zero attached hydrogens (tertiary/aromatic N) is 2. The van der Waals surface area contributed by atoms with Crippen LogP contribution in [-0.2, 0) is 0 Å². The Balaban J connectivity index is 1.75. The Morgan fingerprint density at radius 3 is 2.86 bits per heavy atom. The minimum Gasteiger partial charge on any atom is -0.337 e. The van der Waals surface area contributed by atoms with Crippen molar-refractivity contribution in [2.45, 2.75) is 25.7 Å². The summed E-state index contributed by atoms with van der Waals surface area (Å²) < 4.78 is 24.8. The minimum atomic E-state index is -2.31. The summed E-state index contributed by atoms with van der Waals surface area (Å²) in [7, 11) is 0. The maximum atomic E-state index is 12.4. The maximum absolute atomic E-state index is 12.4. The molecule has 1 saturated heterocycles. The topological polar surface area (TPSA) is 35.6 Å². The number of urea groups is 1. The monoisotopic (exact) mass is 331 g/mol. The minimum absolute atomic E-state index is 0.0963. The first-order chi connectivity index (χ1) is 10.6. The standard InChI is InChI=1S/C15H23F2N3OS/c1-12(13-3-8-22-11-13)9-18-15(21)20-5-2-4-19(6-7-20)10-14(16)17/h3,8,11-12,14H,2,4-7,9-10H2,1H3,(H,18,21)/t12-/m0/s1. The fourth-order valence-electron chi connectivity index (χ4n) is 2.58. The molecule has 0 aromatic carbocycles. The second kappa shape index (κ2) is 8.43. The molecule has 124 valence electrons. The van der Waals surface area contributed by atoms with Crippen LogP contribution in [0.5, 0.6) is 0 Å². The highest BCUT2D eigenvalue weighted by Crippen LogP contribution is 2.17. The molecule has 1 N–H and O–H groups in total. The molecule has 1 aromatic rings. The summed E-state index contributed by atoms with van der Waals surface area (Å²) in [6.45, 7) is 4.73. The fourth-order valence-corrected chi connectivity index (χ4v) is 3.36. The largest absolute Gasteiger partial charge is 0.337 e. The SMILES string of the molecule is C[C@@H](CNC(=O)N1CCCN(CC(F)F)CC1)c1ccsc1. The zero-order valence-electron chi connectivity index (χ0n) is 12.8. The molecule has 1 aliphatic heterocycles. The number of hydrogen-bond donors (Lipinski definition) is 1. The number of thiophene rings is 1. The van der Waals surface area contributed by atoms with Crippen LogP contribution in [0.15, 0.2) is 16.8 Å². The number of amides is 2. The van der Waals surface area contributed by atoms with Gasteiger partial charge in [0.1, 0.15) is 0 Å². The number of halogens is 2. The summed E-state index contributed by atoms with van der Waals surface area (Å²) in [5, 5.41) is 7.06. The summed E-state index contributed by atoms with van der Waals surface area (Å²) >= 11 is 1.65. The maximum Gasteiger partial charge on any atom is 0.317 e. The molecular weight excluding hydrogens is 308 g/mol. The van der Waals surface area contributed by atoms with Crippen LogP contribution >= 0.6 is 11.3 Å². The van der Waals surface area contributed by atoms with Gasteiger partial charge in [0, 0.05) is 32.7 Å². The van der Waals surface area contributed by atoms with E-state index in [9.17, 15) is 13.6 Å². The average Bonchev–Trinajstić information content (AvgIpc) is 2.92. The van der Waals surface area contributed by atoms with Crippen molar-refractivity contribution in [3.8, 4) is 0 Å². The van der Waals surface area contributed by atoms with Crippen molar-refractivity contribution in [2.75, 3.05) is 39.3 Å². The van der Waals surface area contributed by atoms with Gasteiger partial charge in [-0.05, 0) is 34.7 Å². The average molecular weight is 331 g/mol. The van der Waals surface area contributed by atoms with Crippen molar-refractivity contribution in [1.29, 1.82) is 0 Å². The first-order valence-corrected chi connectivity index (χ1v) is 8.56. The molecule has 1 atom stereocenters. The van der Waals surface area contributed by atoms with Gasteiger partial charge in [-0.15, -0.1) is 0 Å². The van der Waals surface area contributed by atoms with Gasteiger partial charge in [-0.1, -0.05) is 6.92 Å². The normalized spacial score (nSPS) is 18.3. The third kappa shape index (κ3) is 5.21. The van der Waals surface area contributed by atoms with Crippen molar-refractivity contribution in [3.63, 3.8) is 0 Å². The van der Waals surface area contributed by atoms with Gasteiger partial charge in [-0.3, -0.25) is 4.90 Å². The van der Waals surface area contributed by atoms with Gasteiger partial charge in [0.15, 0.2) is 0 Å². The predicted molar refractivity (Wildman–Crippen MR) is 84.8 cm³/mol. The summed E-state index contributed by atoms with van der Waals surface area (Å²) in [5.41, 5.74) is 1.23. The second-order valence-corrected chi connectivity index (χ2v) is 6.46. The van der Waals surface area contributed by atoms with E-state index in [-0.39, 0.29) is 18.5 Å². The second-order valence-electron chi connectivity index (χ2n) is 5.68. The van der Waals surface area contributed by atoms with Crippen LogP contribution in [-0.4, -0.2) is 61.5 Å². The van der Waals surface area contributed by atoms with E-state index in [1.165, 1.54) is 5.56 Å². The van der Waals surface area contributed by atoms with Crippen molar-refractivity contribution in [3.05, 3.63) is 22.4 Å². The van der Waals surface area contributed by atoms with Gasteiger partial charge >= 0.3 is 6.03 Å². The van der Waals surface area contributed by atoms with Crippen LogP contribution in [0.3, 0.4) is 0 Å². The Bertz CT molecular complexity index is 456. The van der Waals surface area contributed by atoms with Crippen LogP contribution in [0.4, 0.5) is 13.6 Å². The molecule has 1 fully saturated rings. The summed E-state index contributed by atoms with van der Waals surface area (Å²) in [6, 6.07) is 1.97. The van der Waals surface area contributed by atoms with Gasteiger partial charge in [-0.25, -0.2) is 13.6 Å². The smallest absolute Gasteiger partial charge is 0.317 e. The Morgan fingerprint density at radius 1 is 1.36 bits per heavy atom. The molecule has 2 rings (SSSR count). The van der Waals surface area contributed by atoms with Crippen molar-refractivity contribution >= 4 is 17.4 Å². The molecule has 0 bridgehead atoms. The molecule has 4 nitrogen and oxygen atoms in total. The third-order valence-electron chi connectivity index (χ3n) is 3.94. The number of carbonyl (C=O) groups excluding carboxylic acids is 1. The van der Waals surface area contributed by atoms with E-state index in [0.717, 1.165) is 6.42 Å². The lowest BCUT2D eigenvalue weighted by atomic mass is 10.1. The molecule has 0 radical (unpaired) electrons. The van der Waals surface area contributed by atoms with Gasteiger partial charge in [0.2, 0.25) is 0 Å². The highest BCUT2D eigenvalue weighted by Gasteiger charge is 2.21. The first-order valence-electron chi connectivity index (χ1n) is 7.61. The number of alkyl halides is 2. The van der Waals surface area contributed by atoms with Crippen LogP contribution in [0, 0.1) is 0 Å². The molecule has 22 heavy (non-hydrogen) atoms. The van der Waals surface area contributed by atoms with E-state index in [2.05, 4.69) is 23.7 Å². The van der Waals surface area contributed by atoms with Gasteiger partial charge in [0.05, 0.1) is 6.54 Å². The predicted octanol–water partition coefficient (Wildman–Crippen LogP) is 2.83. The molecule has 2 amide bonds. The van der Waals surface area contributed by atoms with E-state index < -0.39 is 6.43 Å². The Kier molecular flexibility index (Phi) is 6.57. The molecule has 0 unspecified atom stereocenters. The van der Waals surface area contributed by atoms with Gasteiger partial charge < -0.3 is 10.2 Å². The Labute approximate surface area is 134 Å². The van der Waals surface area contributed by atoms with Crippen molar-refractivity contribution < 1.29 is 13.6 Å². The molecule has 1 aromatic heterocycles.